The van der Waals surface area contributed by atoms with Gasteiger partial charge in [0.25, 0.3) is 5.91 Å². The lowest BCUT2D eigenvalue weighted by Crippen LogP contribution is -2.58. The number of fused-ring (bicyclic) bond motifs is 1. The normalized spacial score (nSPS) is 27.2. The largest absolute Gasteiger partial charge is 0.497 e. The smallest absolute Gasteiger partial charge is 0.251 e. The van der Waals surface area contributed by atoms with Crippen molar-refractivity contribution < 1.29 is 24.2 Å². The van der Waals surface area contributed by atoms with Gasteiger partial charge in [-0.25, -0.2) is 0 Å². The van der Waals surface area contributed by atoms with E-state index in [1.54, 1.807) is 57.9 Å². The Labute approximate surface area is 271 Å². The van der Waals surface area contributed by atoms with E-state index in [0.717, 1.165) is 18.4 Å². The highest BCUT2D eigenvalue weighted by Gasteiger charge is 2.78. The Bertz CT molecular complexity index is 1420. The molecule has 0 radical (unpaired) electrons. The topological polar surface area (TPSA) is 90.4 Å². The molecule has 3 aliphatic rings. The van der Waals surface area contributed by atoms with Gasteiger partial charge >= 0.3 is 0 Å². The first-order valence-corrected chi connectivity index (χ1v) is 16.6. The number of anilines is 1. The van der Waals surface area contributed by atoms with Crippen LogP contribution in [0, 0.1) is 11.8 Å². The summed E-state index contributed by atoms with van der Waals surface area (Å²) in [5, 5.41) is 10.8. The molecule has 240 valence electrons. The summed E-state index contributed by atoms with van der Waals surface area (Å²) in [7, 11) is 1.59. The van der Waals surface area contributed by atoms with E-state index >= 15 is 4.79 Å². The fourth-order valence-electron chi connectivity index (χ4n) is 7.82. The van der Waals surface area contributed by atoms with Gasteiger partial charge in [0.1, 0.15) is 11.8 Å². The van der Waals surface area contributed by atoms with E-state index in [4.69, 9.17) is 4.74 Å². The van der Waals surface area contributed by atoms with Gasteiger partial charge in [-0.15, -0.1) is 24.9 Å². The molecule has 45 heavy (non-hydrogen) atoms. The number of ether oxygens (including phenoxy) is 1. The van der Waals surface area contributed by atoms with E-state index in [1.165, 1.54) is 0 Å². The van der Waals surface area contributed by atoms with E-state index in [1.807, 2.05) is 49.4 Å². The van der Waals surface area contributed by atoms with Crippen LogP contribution in [0.25, 0.3) is 0 Å². The number of rotatable bonds is 14. The minimum absolute atomic E-state index is 0.0542. The van der Waals surface area contributed by atoms with Crippen molar-refractivity contribution in [3.63, 3.8) is 0 Å². The van der Waals surface area contributed by atoms with Crippen LogP contribution < -0.4 is 9.64 Å². The summed E-state index contributed by atoms with van der Waals surface area (Å²) in [6.45, 7) is 12.8. The first-order valence-electron chi connectivity index (χ1n) is 15.8. The molecule has 0 saturated carbocycles. The van der Waals surface area contributed by atoms with Crippen molar-refractivity contribution in [2.75, 3.05) is 38.3 Å². The van der Waals surface area contributed by atoms with Crippen molar-refractivity contribution in [3.8, 4) is 5.75 Å². The summed E-state index contributed by atoms with van der Waals surface area (Å²) in [6.07, 6.45) is 5.93. The standard InChI is InChI=1S/C36H45N3O5S/c1-6-20-37(21-7-2)32(41)29-30-33(42)39(27(24-40)23-25-12-10-9-11-13-25)31(36(30)19-18-35(29,4)45-36)34(43)38(22-8-3)26-14-16-28(44-5)17-15-26/h6,8-17,27,29-31,40H,1,3,7,18-24H2,2,4-5H3/t27-,29+,30+,31?,35-,36?/m1/s1. The highest BCUT2D eigenvalue weighted by molar-refractivity contribution is 8.02. The molecule has 9 heteroatoms. The molecule has 1 N–H and O–H groups in total. The quantitative estimate of drug-likeness (QED) is 0.304. The summed E-state index contributed by atoms with van der Waals surface area (Å²) in [5.74, 6) is -1.11. The number of methoxy groups -OCH3 is 1. The van der Waals surface area contributed by atoms with Crippen molar-refractivity contribution in [1.29, 1.82) is 0 Å². The van der Waals surface area contributed by atoms with Crippen LogP contribution >= 0.6 is 11.8 Å². The minimum atomic E-state index is -0.874. The van der Waals surface area contributed by atoms with Gasteiger partial charge < -0.3 is 24.5 Å². The molecule has 5 rings (SSSR count). The number of nitrogens with zero attached hydrogens (tertiary/aromatic N) is 3. The third kappa shape index (κ3) is 5.69. The SMILES string of the molecule is C=CCN(CCC)C(=O)[C@@H]1[C@H]2C(=O)N([C@@H](CO)Cc3ccccc3)C(C(=O)N(CC=C)c3ccc(OC)cc3)C23CC[C@@]1(C)S3. The van der Waals surface area contributed by atoms with Crippen LogP contribution in [0.5, 0.6) is 5.75 Å². The Morgan fingerprint density at radius 1 is 1.09 bits per heavy atom. The molecule has 1 spiro atoms. The number of thioether (sulfide) groups is 1. The zero-order chi connectivity index (χ0) is 32.4. The molecule has 3 aliphatic heterocycles. The Kier molecular flexibility index (Phi) is 9.80. The maximum absolute atomic E-state index is 15.0. The van der Waals surface area contributed by atoms with Crippen LogP contribution in [0.3, 0.4) is 0 Å². The van der Waals surface area contributed by atoms with Crippen LogP contribution in [0.2, 0.25) is 0 Å². The van der Waals surface area contributed by atoms with E-state index in [-0.39, 0.29) is 30.9 Å². The highest BCUT2D eigenvalue weighted by atomic mass is 32.2. The molecule has 6 atom stereocenters. The average Bonchev–Trinajstić information content (AvgIpc) is 3.63. The van der Waals surface area contributed by atoms with E-state index in [9.17, 15) is 14.7 Å². The van der Waals surface area contributed by atoms with Gasteiger partial charge in [0, 0.05) is 30.1 Å². The fraction of sp³-hybridized carbons (Fsp3) is 0.472. The van der Waals surface area contributed by atoms with Crippen molar-refractivity contribution in [2.45, 2.75) is 61.1 Å². The summed E-state index contributed by atoms with van der Waals surface area (Å²) < 4.78 is 4.04. The molecule has 3 saturated heterocycles. The van der Waals surface area contributed by atoms with Crippen LogP contribution in [0.4, 0.5) is 5.69 Å². The van der Waals surface area contributed by atoms with E-state index < -0.39 is 33.4 Å². The summed E-state index contributed by atoms with van der Waals surface area (Å²) in [5.41, 5.74) is 1.62. The van der Waals surface area contributed by atoms with Crippen molar-refractivity contribution in [3.05, 3.63) is 85.5 Å². The molecule has 2 aromatic rings. The Hall–Kier alpha value is -3.56. The first-order chi connectivity index (χ1) is 21.7. The van der Waals surface area contributed by atoms with Crippen LogP contribution in [-0.4, -0.2) is 87.6 Å². The van der Waals surface area contributed by atoms with Gasteiger partial charge in [-0.1, -0.05) is 49.4 Å². The Morgan fingerprint density at radius 2 is 1.78 bits per heavy atom. The molecular weight excluding hydrogens is 586 g/mol. The second-order valence-corrected chi connectivity index (χ2v) is 14.4. The number of hydrogen-bond donors (Lipinski definition) is 1. The highest BCUT2D eigenvalue weighted by Crippen LogP contribution is 2.72. The lowest BCUT2D eigenvalue weighted by atomic mass is 9.66. The van der Waals surface area contributed by atoms with Gasteiger partial charge in [-0.3, -0.25) is 14.4 Å². The van der Waals surface area contributed by atoms with Gasteiger partial charge in [-0.2, -0.15) is 0 Å². The number of hydrogen-bond acceptors (Lipinski definition) is 6. The number of carbonyl (C=O) groups is 3. The van der Waals surface area contributed by atoms with Gasteiger partial charge in [-0.05, 0) is 62.4 Å². The van der Waals surface area contributed by atoms with Gasteiger partial charge in [0.05, 0.1) is 36.3 Å². The van der Waals surface area contributed by atoms with Crippen LogP contribution in [0.1, 0.15) is 38.7 Å². The molecule has 2 aromatic carbocycles. The number of aliphatic hydroxyl groups is 1. The van der Waals surface area contributed by atoms with Crippen LogP contribution in [-0.2, 0) is 20.8 Å². The van der Waals surface area contributed by atoms with Crippen molar-refractivity contribution >= 4 is 35.2 Å². The van der Waals surface area contributed by atoms with Crippen molar-refractivity contribution in [2.24, 2.45) is 11.8 Å². The predicted octanol–water partition coefficient (Wildman–Crippen LogP) is 4.72. The Morgan fingerprint density at radius 3 is 2.38 bits per heavy atom. The molecule has 8 nitrogen and oxygen atoms in total. The van der Waals surface area contributed by atoms with E-state index in [0.29, 0.717) is 37.4 Å². The average molecular weight is 632 g/mol. The summed E-state index contributed by atoms with van der Waals surface area (Å²) in [4.78, 5) is 49.4. The molecule has 0 aromatic heterocycles. The monoisotopic (exact) mass is 631 g/mol. The summed E-state index contributed by atoms with van der Waals surface area (Å²) >= 11 is 1.65. The molecular formula is C36H45N3O5S. The number of likely N-dealkylation sites (tertiary alicyclic amines) is 1. The number of carbonyl (C=O) groups excluding carboxylic acids is 3. The van der Waals surface area contributed by atoms with Crippen LogP contribution in [0.15, 0.2) is 79.9 Å². The third-order valence-electron chi connectivity index (χ3n) is 9.75. The predicted molar refractivity (Wildman–Crippen MR) is 179 cm³/mol. The van der Waals surface area contributed by atoms with E-state index in [2.05, 4.69) is 20.1 Å². The molecule has 3 fully saturated rings. The zero-order valence-electron chi connectivity index (χ0n) is 26.6. The summed E-state index contributed by atoms with van der Waals surface area (Å²) in [6, 6.07) is 15.5. The Balaban J connectivity index is 1.63. The lowest BCUT2D eigenvalue weighted by molar-refractivity contribution is -0.146. The number of benzene rings is 2. The number of aliphatic hydroxyl groups excluding tert-OH is 1. The van der Waals surface area contributed by atoms with Gasteiger partial charge in [0.15, 0.2) is 0 Å². The fourth-order valence-corrected chi connectivity index (χ4v) is 10.2. The molecule has 2 bridgehead atoms. The maximum atomic E-state index is 15.0. The number of amides is 3. The second kappa shape index (κ2) is 13.4. The third-order valence-corrected chi connectivity index (χ3v) is 11.7. The van der Waals surface area contributed by atoms with Gasteiger partial charge in [0.2, 0.25) is 11.8 Å². The molecule has 3 heterocycles. The lowest BCUT2D eigenvalue weighted by Gasteiger charge is -2.39. The van der Waals surface area contributed by atoms with Crippen molar-refractivity contribution in [1.82, 2.24) is 9.80 Å². The zero-order valence-corrected chi connectivity index (χ0v) is 27.4. The molecule has 0 aliphatic carbocycles. The minimum Gasteiger partial charge on any atom is -0.497 e. The second-order valence-electron chi connectivity index (χ2n) is 12.5. The maximum Gasteiger partial charge on any atom is 0.251 e. The molecule has 2 unspecified atom stereocenters. The molecule has 3 amide bonds. The first kappa shape index (κ1) is 32.8.